The van der Waals surface area contributed by atoms with E-state index >= 15 is 0 Å². The number of amidine groups is 1. The van der Waals surface area contributed by atoms with Gasteiger partial charge in [-0.25, -0.2) is 0 Å². The molecule has 0 radical (unpaired) electrons. The summed E-state index contributed by atoms with van der Waals surface area (Å²) < 4.78 is 0. The third-order valence-corrected chi connectivity index (χ3v) is 1.59. The number of phenols is 1. The molecule has 1 rings (SSSR count). The number of benzene rings is 1. The molecule has 0 aliphatic carbocycles. The number of phenolic OH excluding ortho intramolecular Hbond substituents is 1. The minimum Gasteiger partial charge on any atom is -0.507 e. The molecular weight excluding hydrogens is 154 g/mol. The highest BCUT2D eigenvalue weighted by Crippen LogP contribution is 2.17. The lowest BCUT2D eigenvalue weighted by atomic mass is 10.1. The van der Waals surface area contributed by atoms with Crippen molar-refractivity contribution in [2.24, 2.45) is 11.5 Å². The first kappa shape index (κ1) is 8.55. The maximum atomic E-state index is 9.32. The van der Waals surface area contributed by atoms with E-state index in [1.807, 2.05) is 0 Å². The van der Waals surface area contributed by atoms with E-state index in [2.05, 4.69) is 0 Å². The summed E-state index contributed by atoms with van der Waals surface area (Å²) in [7, 11) is 0. The molecule has 0 saturated heterocycles. The molecule has 6 N–H and O–H groups in total. The molecule has 1 aromatic rings. The molecule has 0 bridgehead atoms. The van der Waals surface area contributed by atoms with Crippen LogP contribution in [0.25, 0.3) is 0 Å². The Morgan fingerprint density at radius 1 is 1.50 bits per heavy atom. The van der Waals surface area contributed by atoms with Gasteiger partial charge in [0.05, 0.1) is 5.56 Å². The van der Waals surface area contributed by atoms with Crippen LogP contribution in [0.5, 0.6) is 5.75 Å². The summed E-state index contributed by atoms with van der Waals surface area (Å²) in [5.41, 5.74) is 11.7. The van der Waals surface area contributed by atoms with Crippen LogP contribution in [0.3, 0.4) is 0 Å². The Morgan fingerprint density at radius 2 is 2.17 bits per heavy atom. The molecule has 12 heavy (non-hydrogen) atoms. The largest absolute Gasteiger partial charge is 0.507 e. The van der Waals surface area contributed by atoms with Crippen molar-refractivity contribution in [1.82, 2.24) is 0 Å². The number of nitrogens with two attached hydrogens (primary N) is 2. The van der Waals surface area contributed by atoms with Crippen molar-refractivity contribution >= 4 is 5.84 Å². The van der Waals surface area contributed by atoms with Crippen LogP contribution in [0.15, 0.2) is 18.2 Å². The number of aromatic hydroxyl groups is 1. The Morgan fingerprint density at radius 3 is 2.58 bits per heavy atom. The fourth-order valence-electron chi connectivity index (χ4n) is 0.932. The van der Waals surface area contributed by atoms with Gasteiger partial charge in [0, 0.05) is 6.54 Å². The zero-order valence-corrected chi connectivity index (χ0v) is 6.54. The van der Waals surface area contributed by atoms with E-state index in [4.69, 9.17) is 16.9 Å². The predicted octanol–water partition coefficient (Wildman–Crippen LogP) is 0.135. The van der Waals surface area contributed by atoms with E-state index in [1.54, 1.807) is 12.1 Å². The van der Waals surface area contributed by atoms with Crippen LogP contribution < -0.4 is 11.5 Å². The summed E-state index contributed by atoms with van der Waals surface area (Å²) in [6.07, 6.45) is 0. The van der Waals surface area contributed by atoms with E-state index in [-0.39, 0.29) is 11.6 Å². The second-order valence-corrected chi connectivity index (χ2v) is 2.47. The van der Waals surface area contributed by atoms with E-state index in [0.29, 0.717) is 12.1 Å². The fourth-order valence-corrected chi connectivity index (χ4v) is 0.932. The lowest BCUT2D eigenvalue weighted by Gasteiger charge is -2.03. The Hall–Kier alpha value is -1.55. The third-order valence-electron chi connectivity index (χ3n) is 1.59. The van der Waals surface area contributed by atoms with E-state index in [9.17, 15) is 5.11 Å². The summed E-state index contributed by atoms with van der Waals surface area (Å²) in [5.74, 6) is -0.137. The van der Waals surface area contributed by atoms with Gasteiger partial charge in [-0.2, -0.15) is 0 Å². The van der Waals surface area contributed by atoms with Gasteiger partial charge >= 0.3 is 0 Å². The fraction of sp³-hybridized carbons (Fsp3) is 0.125. The zero-order chi connectivity index (χ0) is 9.14. The Labute approximate surface area is 70.3 Å². The van der Waals surface area contributed by atoms with Crippen LogP contribution in [0.4, 0.5) is 0 Å². The monoisotopic (exact) mass is 165 g/mol. The van der Waals surface area contributed by atoms with Gasteiger partial charge in [-0.05, 0) is 17.7 Å². The van der Waals surface area contributed by atoms with Gasteiger partial charge in [0.15, 0.2) is 0 Å². The highest BCUT2D eigenvalue weighted by Gasteiger charge is 2.03. The van der Waals surface area contributed by atoms with Crippen LogP contribution in [0.2, 0.25) is 0 Å². The van der Waals surface area contributed by atoms with E-state index in [0.717, 1.165) is 5.56 Å². The Kier molecular flexibility index (Phi) is 2.30. The molecule has 0 aliphatic rings. The van der Waals surface area contributed by atoms with Crippen molar-refractivity contribution in [1.29, 1.82) is 5.41 Å². The van der Waals surface area contributed by atoms with Gasteiger partial charge in [-0.15, -0.1) is 0 Å². The minimum atomic E-state index is -0.143. The van der Waals surface area contributed by atoms with Crippen molar-refractivity contribution in [2.75, 3.05) is 0 Å². The minimum absolute atomic E-state index is 0.00505. The quantitative estimate of drug-likeness (QED) is 0.370. The number of hydrogen-bond donors (Lipinski definition) is 4. The molecule has 0 amide bonds. The number of nitrogens with one attached hydrogen (secondary N) is 1. The smallest absolute Gasteiger partial charge is 0.126 e. The average Bonchev–Trinajstić information content (AvgIpc) is 2.03. The first-order chi connectivity index (χ1) is 5.65. The molecule has 0 heterocycles. The molecule has 0 aliphatic heterocycles. The first-order valence-corrected chi connectivity index (χ1v) is 3.51. The standard InChI is InChI=1S/C8H11N3O/c9-4-5-1-2-6(8(10)11)7(12)3-5/h1-3,12H,4,9H2,(H3,10,11). The lowest BCUT2D eigenvalue weighted by molar-refractivity contribution is 0.473. The van der Waals surface area contributed by atoms with E-state index in [1.165, 1.54) is 6.07 Å². The van der Waals surface area contributed by atoms with Gasteiger partial charge in [0.25, 0.3) is 0 Å². The molecular formula is C8H11N3O. The van der Waals surface area contributed by atoms with Crippen LogP contribution in [-0.2, 0) is 6.54 Å². The van der Waals surface area contributed by atoms with Gasteiger partial charge in [0.2, 0.25) is 0 Å². The van der Waals surface area contributed by atoms with Crippen molar-refractivity contribution < 1.29 is 5.11 Å². The van der Waals surface area contributed by atoms with Crippen molar-refractivity contribution in [3.63, 3.8) is 0 Å². The van der Waals surface area contributed by atoms with Gasteiger partial charge in [0.1, 0.15) is 11.6 Å². The second-order valence-electron chi connectivity index (χ2n) is 2.47. The summed E-state index contributed by atoms with van der Waals surface area (Å²) in [5, 5.41) is 16.4. The summed E-state index contributed by atoms with van der Waals surface area (Å²) in [6.45, 7) is 0.367. The Bertz CT molecular complexity index is 309. The lowest BCUT2D eigenvalue weighted by Crippen LogP contribution is -2.11. The topological polar surface area (TPSA) is 96.1 Å². The summed E-state index contributed by atoms with van der Waals surface area (Å²) in [6, 6.07) is 4.83. The van der Waals surface area contributed by atoms with Gasteiger partial charge in [-0.3, -0.25) is 5.41 Å². The highest BCUT2D eigenvalue weighted by molar-refractivity contribution is 5.97. The Balaban J connectivity index is 3.12. The maximum Gasteiger partial charge on any atom is 0.126 e. The van der Waals surface area contributed by atoms with Crippen LogP contribution >= 0.6 is 0 Å². The molecule has 0 atom stereocenters. The van der Waals surface area contributed by atoms with E-state index < -0.39 is 0 Å². The zero-order valence-electron chi connectivity index (χ0n) is 6.54. The van der Waals surface area contributed by atoms with Crippen molar-refractivity contribution in [2.45, 2.75) is 6.54 Å². The number of hydrogen-bond acceptors (Lipinski definition) is 3. The number of nitrogen functional groups attached to an aromatic ring is 1. The third kappa shape index (κ3) is 1.54. The maximum absolute atomic E-state index is 9.32. The van der Waals surface area contributed by atoms with Gasteiger partial charge < -0.3 is 16.6 Å². The summed E-state index contributed by atoms with van der Waals surface area (Å²) in [4.78, 5) is 0. The average molecular weight is 165 g/mol. The molecule has 4 heteroatoms. The summed E-state index contributed by atoms with van der Waals surface area (Å²) >= 11 is 0. The van der Waals surface area contributed by atoms with Crippen LogP contribution in [-0.4, -0.2) is 10.9 Å². The second kappa shape index (κ2) is 3.23. The van der Waals surface area contributed by atoms with Crippen molar-refractivity contribution in [3.05, 3.63) is 29.3 Å². The normalized spacial score (nSPS) is 9.75. The molecule has 0 unspecified atom stereocenters. The molecule has 0 saturated carbocycles. The van der Waals surface area contributed by atoms with Gasteiger partial charge in [-0.1, -0.05) is 6.07 Å². The molecule has 0 aromatic heterocycles. The number of rotatable bonds is 2. The molecule has 1 aromatic carbocycles. The first-order valence-electron chi connectivity index (χ1n) is 3.51. The van der Waals surface area contributed by atoms with Crippen LogP contribution in [0.1, 0.15) is 11.1 Å². The predicted molar refractivity (Wildman–Crippen MR) is 47.0 cm³/mol. The molecule has 0 spiro atoms. The SMILES string of the molecule is N=C(N)c1ccc(CN)cc1O. The van der Waals surface area contributed by atoms with Crippen molar-refractivity contribution in [3.8, 4) is 5.75 Å². The van der Waals surface area contributed by atoms with Crippen LogP contribution in [0, 0.1) is 5.41 Å². The molecule has 64 valence electrons. The molecule has 4 nitrogen and oxygen atoms in total. The molecule has 0 fully saturated rings. The highest BCUT2D eigenvalue weighted by atomic mass is 16.3.